The number of aromatic amines is 1. The monoisotopic (exact) mass is 257 g/mol. The summed E-state index contributed by atoms with van der Waals surface area (Å²) in [4.78, 5) is 19.6. The fourth-order valence-corrected chi connectivity index (χ4v) is 3.14. The van der Waals surface area contributed by atoms with E-state index in [2.05, 4.69) is 28.4 Å². The van der Waals surface area contributed by atoms with Gasteiger partial charge < -0.3 is 9.55 Å². The van der Waals surface area contributed by atoms with E-state index in [1.165, 1.54) is 5.69 Å². The van der Waals surface area contributed by atoms with Crippen molar-refractivity contribution in [2.24, 2.45) is 0 Å². The predicted molar refractivity (Wildman–Crippen MR) is 73.5 cm³/mol. The van der Waals surface area contributed by atoms with Gasteiger partial charge in [0.05, 0.1) is 6.04 Å². The van der Waals surface area contributed by atoms with E-state index in [1.807, 2.05) is 12.3 Å². The van der Waals surface area contributed by atoms with E-state index in [0.29, 0.717) is 6.42 Å². The van der Waals surface area contributed by atoms with Crippen LogP contribution in [-0.4, -0.2) is 20.3 Å². The van der Waals surface area contributed by atoms with Gasteiger partial charge in [0.1, 0.15) is 5.82 Å². The molecule has 2 aromatic rings. The number of aromatic nitrogens is 3. The van der Waals surface area contributed by atoms with Gasteiger partial charge in [-0.1, -0.05) is 6.92 Å². The highest BCUT2D eigenvalue weighted by Gasteiger charge is 2.26. The van der Waals surface area contributed by atoms with Gasteiger partial charge >= 0.3 is 0 Å². The number of Topliss-reactive ketones (excluding diaryl/α,β-unsaturated/α-hetero) is 1. The van der Waals surface area contributed by atoms with Crippen LogP contribution in [0.5, 0.6) is 0 Å². The minimum atomic E-state index is 0.199. The van der Waals surface area contributed by atoms with Gasteiger partial charge in [-0.05, 0) is 32.3 Å². The van der Waals surface area contributed by atoms with Crippen molar-refractivity contribution in [2.45, 2.75) is 45.6 Å². The first-order valence-corrected chi connectivity index (χ1v) is 6.95. The molecule has 1 atom stereocenters. The molecule has 1 aliphatic carbocycles. The molecule has 0 fully saturated rings. The molecule has 0 spiro atoms. The summed E-state index contributed by atoms with van der Waals surface area (Å²) in [7, 11) is 0. The van der Waals surface area contributed by atoms with Crippen molar-refractivity contribution in [3.63, 3.8) is 0 Å². The number of nitrogens with one attached hydrogen (secondary N) is 1. The summed E-state index contributed by atoms with van der Waals surface area (Å²) >= 11 is 0. The summed E-state index contributed by atoms with van der Waals surface area (Å²) in [6, 6.07) is 2.24. The second-order valence-corrected chi connectivity index (χ2v) is 5.19. The van der Waals surface area contributed by atoms with E-state index < -0.39 is 0 Å². The zero-order chi connectivity index (χ0) is 13.4. The van der Waals surface area contributed by atoms with E-state index in [-0.39, 0.29) is 11.8 Å². The summed E-state index contributed by atoms with van der Waals surface area (Å²) in [5, 5.41) is 0. The first-order chi connectivity index (χ1) is 9.22. The van der Waals surface area contributed by atoms with E-state index in [1.54, 1.807) is 6.20 Å². The number of hydrogen-bond donors (Lipinski definition) is 1. The number of rotatable bonds is 3. The molecule has 100 valence electrons. The highest BCUT2D eigenvalue weighted by Crippen LogP contribution is 2.31. The molecule has 0 aliphatic heterocycles. The smallest absolute Gasteiger partial charge is 0.164 e. The maximum Gasteiger partial charge on any atom is 0.164 e. The second kappa shape index (κ2) is 4.68. The largest absolute Gasteiger partial charge is 0.347 e. The third kappa shape index (κ3) is 1.91. The number of H-pyrrole nitrogens is 1. The number of imidazole rings is 1. The Morgan fingerprint density at radius 2 is 2.32 bits per heavy atom. The third-order valence-electron chi connectivity index (χ3n) is 3.99. The van der Waals surface area contributed by atoms with Crippen molar-refractivity contribution in [3.8, 4) is 0 Å². The minimum Gasteiger partial charge on any atom is -0.347 e. The normalized spacial score (nSPS) is 16.4. The van der Waals surface area contributed by atoms with Crippen LogP contribution in [0.15, 0.2) is 18.5 Å². The zero-order valence-electron chi connectivity index (χ0n) is 11.4. The molecular formula is C15H19N3O. The molecule has 2 heterocycles. The van der Waals surface area contributed by atoms with Crippen molar-refractivity contribution < 1.29 is 4.79 Å². The molecule has 3 rings (SSSR count). The lowest BCUT2D eigenvalue weighted by atomic mass is 9.96. The Morgan fingerprint density at radius 1 is 1.47 bits per heavy atom. The van der Waals surface area contributed by atoms with Crippen LogP contribution >= 0.6 is 0 Å². The quantitative estimate of drug-likeness (QED) is 0.918. The SMILES string of the molecule is CCC(c1ncc[nH]1)n1c(C)cc2c1CCCC2=O. The van der Waals surface area contributed by atoms with Gasteiger partial charge in [-0.25, -0.2) is 4.98 Å². The van der Waals surface area contributed by atoms with Crippen LogP contribution in [0.4, 0.5) is 0 Å². The molecular weight excluding hydrogens is 238 g/mol. The van der Waals surface area contributed by atoms with Crippen LogP contribution in [0.25, 0.3) is 0 Å². The molecule has 0 saturated heterocycles. The number of ketones is 1. The fraction of sp³-hybridized carbons (Fsp3) is 0.467. The molecule has 0 aromatic carbocycles. The zero-order valence-corrected chi connectivity index (χ0v) is 11.4. The van der Waals surface area contributed by atoms with Crippen LogP contribution in [0.3, 0.4) is 0 Å². The fourth-order valence-electron chi connectivity index (χ4n) is 3.14. The molecule has 0 radical (unpaired) electrons. The van der Waals surface area contributed by atoms with Crippen molar-refractivity contribution in [1.82, 2.24) is 14.5 Å². The highest BCUT2D eigenvalue weighted by atomic mass is 16.1. The van der Waals surface area contributed by atoms with Gasteiger partial charge in [0, 0.05) is 35.8 Å². The molecule has 2 aromatic heterocycles. The number of carbonyl (C=O) groups is 1. The summed E-state index contributed by atoms with van der Waals surface area (Å²) < 4.78 is 2.30. The third-order valence-corrected chi connectivity index (χ3v) is 3.99. The molecule has 1 N–H and O–H groups in total. The lowest BCUT2D eigenvalue weighted by Gasteiger charge is -2.22. The first-order valence-electron chi connectivity index (χ1n) is 6.95. The van der Waals surface area contributed by atoms with Crippen LogP contribution in [0.2, 0.25) is 0 Å². The summed E-state index contributed by atoms with van der Waals surface area (Å²) in [5.41, 5.74) is 3.27. The Bertz CT molecular complexity index is 595. The van der Waals surface area contributed by atoms with Gasteiger partial charge in [0.15, 0.2) is 5.78 Å². The van der Waals surface area contributed by atoms with Gasteiger partial charge in [0.2, 0.25) is 0 Å². The number of carbonyl (C=O) groups excluding carboxylic acids is 1. The Hall–Kier alpha value is -1.84. The van der Waals surface area contributed by atoms with Crippen molar-refractivity contribution in [2.75, 3.05) is 0 Å². The van der Waals surface area contributed by atoms with Gasteiger partial charge in [0.25, 0.3) is 0 Å². The van der Waals surface area contributed by atoms with Gasteiger partial charge in [-0.2, -0.15) is 0 Å². The Morgan fingerprint density at radius 3 is 3.00 bits per heavy atom. The predicted octanol–water partition coefficient (Wildman–Crippen LogP) is 3.04. The summed E-state index contributed by atoms with van der Waals surface area (Å²) in [6.45, 7) is 4.24. The lowest BCUT2D eigenvalue weighted by Crippen LogP contribution is -2.19. The number of aryl methyl sites for hydroxylation is 1. The van der Waals surface area contributed by atoms with Crippen LogP contribution in [0.1, 0.15) is 59.8 Å². The highest BCUT2D eigenvalue weighted by molar-refractivity contribution is 5.98. The molecule has 1 unspecified atom stereocenters. The van der Waals surface area contributed by atoms with E-state index in [4.69, 9.17) is 0 Å². The van der Waals surface area contributed by atoms with Crippen LogP contribution in [-0.2, 0) is 6.42 Å². The average Bonchev–Trinajstić information content (AvgIpc) is 3.01. The molecule has 0 bridgehead atoms. The van der Waals surface area contributed by atoms with E-state index in [9.17, 15) is 4.79 Å². The molecule has 19 heavy (non-hydrogen) atoms. The maximum absolute atomic E-state index is 12.0. The molecule has 0 saturated carbocycles. The van der Waals surface area contributed by atoms with E-state index >= 15 is 0 Å². The van der Waals surface area contributed by atoms with Crippen molar-refractivity contribution in [3.05, 3.63) is 41.2 Å². The number of fused-ring (bicyclic) bond motifs is 1. The number of hydrogen-bond acceptors (Lipinski definition) is 2. The molecule has 4 heteroatoms. The standard InChI is InChI=1S/C15H19N3O/c1-3-12(15-16-7-8-17-15)18-10(2)9-11-13(18)5-4-6-14(11)19/h7-9,12H,3-6H2,1-2H3,(H,16,17). The maximum atomic E-state index is 12.0. The van der Waals surface area contributed by atoms with Crippen LogP contribution < -0.4 is 0 Å². The molecule has 4 nitrogen and oxygen atoms in total. The molecule has 1 aliphatic rings. The second-order valence-electron chi connectivity index (χ2n) is 5.19. The minimum absolute atomic E-state index is 0.199. The van der Waals surface area contributed by atoms with E-state index in [0.717, 1.165) is 36.3 Å². The first kappa shape index (κ1) is 12.2. The Labute approximate surface area is 112 Å². The van der Waals surface area contributed by atoms with Gasteiger partial charge in [-0.3, -0.25) is 4.79 Å². The topological polar surface area (TPSA) is 50.7 Å². The van der Waals surface area contributed by atoms with Crippen molar-refractivity contribution >= 4 is 5.78 Å². The number of nitrogens with zero attached hydrogens (tertiary/aromatic N) is 2. The average molecular weight is 257 g/mol. The molecule has 0 amide bonds. The Balaban J connectivity index is 2.12. The van der Waals surface area contributed by atoms with Crippen molar-refractivity contribution in [1.29, 1.82) is 0 Å². The van der Waals surface area contributed by atoms with Gasteiger partial charge in [-0.15, -0.1) is 0 Å². The lowest BCUT2D eigenvalue weighted by molar-refractivity contribution is 0.0971. The summed E-state index contributed by atoms with van der Waals surface area (Å²) in [5.74, 6) is 1.26. The summed E-state index contributed by atoms with van der Waals surface area (Å²) in [6.07, 6.45) is 7.25. The van der Waals surface area contributed by atoms with Crippen LogP contribution in [0, 0.1) is 6.92 Å². The Kier molecular flexibility index (Phi) is 3.01.